The lowest BCUT2D eigenvalue weighted by Crippen LogP contribution is -2.55. The number of carbonyl (C=O) groups is 5. The number of hydrogen-bond donors (Lipinski definition) is 6. The van der Waals surface area contributed by atoms with Gasteiger partial charge in [0.15, 0.2) is 5.78 Å². The van der Waals surface area contributed by atoms with Crippen LogP contribution < -0.4 is 16.0 Å². The van der Waals surface area contributed by atoms with E-state index in [4.69, 9.17) is 0 Å². The van der Waals surface area contributed by atoms with E-state index in [0.29, 0.717) is 29.5 Å². The van der Waals surface area contributed by atoms with Crippen LogP contribution in [0, 0.1) is 17.2 Å². The predicted molar refractivity (Wildman–Crippen MR) is 296 cm³/mol. The Labute approximate surface area is 453 Å². The second-order valence-electron chi connectivity index (χ2n) is 18.8. The third-order valence-electron chi connectivity index (χ3n) is 12.8. The van der Waals surface area contributed by atoms with Gasteiger partial charge in [-0.15, -0.1) is 0 Å². The van der Waals surface area contributed by atoms with Crippen LogP contribution in [0.4, 0.5) is 0 Å². The van der Waals surface area contributed by atoms with E-state index >= 15 is 0 Å². The number of ketones is 1. The van der Waals surface area contributed by atoms with E-state index in [0.717, 1.165) is 22.4 Å². The molecule has 0 saturated carbocycles. The first-order valence-corrected chi connectivity index (χ1v) is 25.5. The van der Waals surface area contributed by atoms with Crippen molar-refractivity contribution >= 4 is 36.5 Å². The summed E-state index contributed by atoms with van der Waals surface area (Å²) in [5, 5.41) is 37.4. The average Bonchev–Trinajstić information content (AvgIpc) is 4.02. The number of carbonyl (C=O) groups excluding carboxylic acids is 5. The first-order valence-electron chi connectivity index (χ1n) is 25.5. The maximum absolute atomic E-state index is 14.8. The topological polar surface area (TPSA) is 243 Å². The second kappa shape index (κ2) is 28.5. The zero-order valence-corrected chi connectivity index (χ0v) is 43.2. The van der Waals surface area contributed by atoms with Gasteiger partial charge >= 0.3 is 7.12 Å². The van der Waals surface area contributed by atoms with Crippen LogP contribution in [0.3, 0.4) is 0 Å². The average molecular weight is 1040 g/mol. The highest BCUT2D eigenvalue weighted by Gasteiger charge is 2.35. The van der Waals surface area contributed by atoms with Gasteiger partial charge in [0.05, 0.1) is 35.7 Å². The summed E-state index contributed by atoms with van der Waals surface area (Å²) in [5.41, 5.74) is 5.46. The first-order chi connectivity index (χ1) is 37.9. The Morgan fingerprint density at radius 2 is 1.31 bits per heavy atom. The Hall–Kier alpha value is -9.37. The van der Waals surface area contributed by atoms with Crippen molar-refractivity contribution in [3.8, 4) is 6.07 Å². The standard InChI is InChI=1S/C42H35N5O3.C19H25BN4O4/c43-26-30-13-12-20-34(25-30)39(41(49)45-28-38(31-14-4-1-5-15-31)32-16-6-2-7-17-32)47(24-23-35-27-44-29-46-35)42(50)37-22-11-10-21-36(37)40(48)33-18-8-3-9-19-33;1-13(2)10-17(20(27)28)24-18(25)15(11-14-6-4-3-5-7-14)23-19(26)16-12-21-8-9-22-16/h1-22,25,27,29,38-39H,23-24,28H2,(H,44,46)(H,45,49);3-9,12-13,15,17,27-28H,10-11H2,1-2H3,(H,23,26)(H,24,25)/t;15-,17-/m.0/s1. The number of aromatic nitrogens is 4. The molecule has 78 heavy (non-hydrogen) atoms. The van der Waals surface area contributed by atoms with Crippen molar-refractivity contribution in [2.75, 3.05) is 13.1 Å². The molecule has 2 heterocycles. The zero-order chi connectivity index (χ0) is 55.2. The minimum absolute atomic E-state index is 0.0919. The monoisotopic (exact) mass is 1040 g/mol. The molecule has 0 saturated heterocycles. The summed E-state index contributed by atoms with van der Waals surface area (Å²) >= 11 is 0. The Morgan fingerprint density at radius 3 is 1.90 bits per heavy atom. The first kappa shape index (κ1) is 56.4. The van der Waals surface area contributed by atoms with Gasteiger partial charge in [-0.1, -0.05) is 166 Å². The Balaban J connectivity index is 0.000000267. The molecule has 8 aromatic rings. The molecule has 2 aromatic heterocycles. The molecule has 16 nitrogen and oxygen atoms in total. The van der Waals surface area contributed by atoms with E-state index in [-0.39, 0.29) is 54.0 Å². The molecule has 0 aliphatic carbocycles. The van der Waals surface area contributed by atoms with Gasteiger partial charge in [0.25, 0.3) is 11.8 Å². The van der Waals surface area contributed by atoms with Crippen LogP contribution in [0.15, 0.2) is 201 Å². The third-order valence-corrected chi connectivity index (χ3v) is 12.8. The molecule has 0 aliphatic heterocycles. The number of nitrogens with one attached hydrogen (secondary N) is 4. The van der Waals surface area contributed by atoms with Gasteiger partial charge in [-0.05, 0) is 52.8 Å². The van der Waals surface area contributed by atoms with Gasteiger partial charge in [0.2, 0.25) is 11.8 Å². The van der Waals surface area contributed by atoms with Crippen LogP contribution in [0.25, 0.3) is 0 Å². The fourth-order valence-corrected chi connectivity index (χ4v) is 8.88. The van der Waals surface area contributed by atoms with Crippen LogP contribution in [0.1, 0.15) is 103 Å². The van der Waals surface area contributed by atoms with Crippen molar-refractivity contribution in [2.24, 2.45) is 5.92 Å². The summed E-state index contributed by atoms with van der Waals surface area (Å²) in [6.07, 6.45) is 8.37. The molecule has 17 heteroatoms. The number of aromatic amines is 1. The summed E-state index contributed by atoms with van der Waals surface area (Å²) in [6.45, 7) is 4.20. The van der Waals surface area contributed by atoms with Crippen molar-refractivity contribution < 1.29 is 34.0 Å². The lowest BCUT2D eigenvalue weighted by molar-refractivity contribution is -0.126. The molecule has 0 aliphatic rings. The van der Waals surface area contributed by atoms with Crippen LogP contribution in [-0.2, 0) is 22.4 Å². The van der Waals surface area contributed by atoms with Crippen molar-refractivity contribution in [1.82, 2.24) is 40.8 Å². The molecular weight excluding hydrogens is 982 g/mol. The van der Waals surface area contributed by atoms with Gasteiger partial charge in [0.1, 0.15) is 17.8 Å². The lowest BCUT2D eigenvalue weighted by Gasteiger charge is -2.32. The van der Waals surface area contributed by atoms with Crippen LogP contribution in [0.5, 0.6) is 0 Å². The predicted octanol–water partition coefficient (Wildman–Crippen LogP) is 7.25. The van der Waals surface area contributed by atoms with Gasteiger partial charge in [-0.25, -0.2) is 9.97 Å². The quantitative estimate of drug-likeness (QED) is 0.0292. The van der Waals surface area contributed by atoms with E-state index in [1.54, 1.807) is 85.3 Å². The molecule has 4 amide bonds. The van der Waals surface area contributed by atoms with Crippen LogP contribution >= 0.6 is 0 Å². The van der Waals surface area contributed by atoms with Gasteiger partial charge in [-0.2, -0.15) is 5.26 Å². The van der Waals surface area contributed by atoms with Crippen molar-refractivity contribution in [1.29, 1.82) is 5.26 Å². The maximum Gasteiger partial charge on any atom is 0.475 e. The molecule has 0 bridgehead atoms. The van der Waals surface area contributed by atoms with E-state index in [2.05, 4.69) is 42.0 Å². The van der Waals surface area contributed by atoms with Gasteiger partial charge < -0.3 is 35.9 Å². The molecule has 0 fully saturated rings. The molecule has 0 radical (unpaired) electrons. The fraction of sp³-hybridized carbons (Fsp3) is 0.197. The molecule has 6 N–H and O–H groups in total. The number of rotatable bonds is 22. The molecule has 8 rings (SSSR count). The Kier molecular flexibility index (Phi) is 20.6. The molecular formula is C61H60BN9O7. The number of imidazole rings is 1. The molecule has 0 spiro atoms. The summed E-state index contributed by atoms with van der Waals surface area (Å²) < 4.78 is 0. The van der Waals surface area contributed by atoms with Crippen LogP contribution in [0.2, 0.25) is 0 Å². The summed E-state index contributed by atoms with van der Waals surface area (Å²) in [5.74, 6) is -3.09. The third kappa shape index (κ3) is 15.8. The number of nitriles is 1. The number of H-pyrrole nitrogens is 1. The molecule has 6 aromatic carbocycles. The highest BCUT2D eigenvalue weighted by atomic mass is 16.4. The SMILES string of the molecule is CC(C)C[C@H](NC(=O)[C@H](Cc1ccccc1)NC(=O)c1cnccn1)B(O)O.N#Cc1cccc(C(C(=O)NCC(c2ccccc2)c2ccccc2)N(CCc2cnc[nH]2)C(=O)c2ccccc2C(=O)c2ccccc2)c1. The highest BCUT2D eigenvalue weighted by molar-refractivity contribution is 6.43. The van der Waals surface area contributed by atoms with Gasteiger partial charge in [-0.3, -0.25) is 29.0 Å². The minimum Gasteiger partial charge on any atom is -0.426 e. The molecule has 1 unspecified atom stereocenters. The largest absolute Gasteiger partial charge is 0.475 e. The van der Waals surface area contributed by atoms with E-state index < -0.39 is 48.8 Å². The number of benzene rings is 6. The van der Waals surface area contributed by atoms with E-state index in [1.807, 2.05) is 111 Å². The van der Waals surface area contributed by atoms with Gasteiger partial charge in [0, 0.05) is 67.3 Å². The molecule has 394 valence electrons. The Bertz CT molecular complexity index is 3200. The number of nitrogens with zero attached hydrogens (tertiary/aromatic N) is 5. The van der Waals surface area contributed by atoms with Crippen molar-refractivity contribution in [2.45, 2.75) is 57.1 Å². The van der Waals surface area contributed by atoms with Crippen LogP contribution in [-0.4, -0.2) is 96.5 Å². The maximum atomic E-state index is 14.8. The fourth-order valence-electron chi connectivity index (χ4n) is 8.88. The van der Waals surface area contributed by atoms with Crippen molar-refractivity contribution in [3.63, 3.8) is 0 Å². The molecule has 3 atom stereocenters. The number of amides is 4. The van der Waals surface area contributed by atoms with E-state index in [9.17, 15) is 39.3 Å². The highest BCUT2D eigenvalue weighted by Crippen LogP contribution is 2.29. The second-order valence-corrected chi connectivity index (χ2v) is 18.8. The zero-order valence-electron chi connectivity index (χ0n) is 43.2. The van der Waals surface area contributed by atoms with Crippen molar-refractivity contribution in [3.05, 3.63) is 257 Å². The van der Waals surface area contributed by atoms with E-state index in [1.165, 1.54) is 23.5 Å². The summed E-state index contributed by atoms with van der Waals surface area (Å²) in [6, 6.07) is 51.4. The summed E-state index contributed by atoms with van der Waals surface area (Å²) in [7, 11) is -1.69. The lowest BCUT2D eigenvalue weighted by atomic mass is 9.75. The summed E-state index contributed by atoms with van der Waals surface area (Å²) in [4.78, 5) is 84.9. The normalized spacial score (nSPS) is 11.9. The minimum atomic E-state index is -1.69. The number of hydrogen-bond acceptors (Lipinski definition) is 11. The smallest absolute Gasteiger partial charge is 0.426 e. The Morgan fingerprint density at radius 1 is 0.692 bits per heavy atom.